The van der Waals surface area contributed by atoms with Gasteiger partial charge in [0, 0.05) is 35.1 Å². The van der Waals surface area contributed by atoms with Crippen LogP contribution in [0, 0.1) is 0 Å². The van der Waals surface area contributed by atoms with Gasteiger partial charge in [-0.25, -0.2) is 0 Å². The lowest BCUT2D eigenvalue weighted by Gasteiger charge is -2.26. The highest BCUT2D eigenvalue weighted by molar-refractivity contribution is 8.06. The average Bonchev–Trinajstić information content (AvgIpc) is 2.53. The zero-order valence-electron chi connectivity index (χ0n) is 9.86. The maximum atomic E-state index is 10.0. The van der Waals surface area contributed by atoms with Crippen molar-refractivity contribution in [2.24, 2.45) is 0 Å². The number of hydrogen-bond acceptors (Lipinski definition) is 4. The van der Waals surface area contributed by atoms with Crippen molar-refractivity contribution in [3.63, 3.8) is 0 Å². The largest absolute Gasteiger partial charge is 0.392 e. The van der Waals surface area contributed by atoms with Crippen LogP contribution in [-0.2, 0) is 0 Å². The summed E-state index contributed by atoms with van der Waals surface area (Å²) in [5.41, 5.74) is 0. The van der Waals surface area contributed by atoms with E-state index in [4.69, 9.17) is 0 Å². The minimum Gasteiger partial charge on any atom is -0.392 e. The van der Waals surface area contributed by atoms with Gasteiger partial charge in [0.25, 0.3) is 0 Å². The van der Waals surface area contributed by atoms with Crippen LogP contribution in [0.2, 0.25) is 0 Å². The molecule has 1 saturated heterocycles. The summed E-state index contributed by atoms with van der Waals surface area (Å²) in [5.74, 6) is 3.89. The normalized spacial score (nSPS) is 36.9. The predicted molar refractivity (Wildman–Crippen MR) is 74.5 cm³/mol. The summed E-state index contributed by atoms with van der Waals surface area (Å²) in [6.45, 7) is 1.08. The monoisotopic (exact) mass is 261 g/mol. The second-order valence-electron chi connectivity index (χ2n) is 4.79. The minimum atomic E-state index is -0.108. The molecular weight excluding hydrogens is 238 g/mol. The van der Waals surface area contributed by atoms with E-state index >= 15 is 0 Å². The molecule has 1 aliphatic heterocycles. The Kier molecular flexibility index (Phi) is 5.83. The molecule has 2 aliphatic rings. The first-order valence-electron chi connectivity index (χ1n) is 6.47. The van der Waals surface area contributed by atoms with Gasteiger partial charge >= 0.3 is 0 Å². The maximum absolute atomic E-state index is 10.0. The topological polar surface area (TPSA) is 32.3 Å². The Morgan fingerprint density at radius 3 is 2.81 bits per heavy atom. The van der Waals surface area contributed by atoms with Crippen LogP contribution in [0.1, 0.15) is 32.1 Å². The zero-order chi connectivity index (χ0) is 11.2. The van der Waals surface area contributed by atoms with Crippen LogP contribution in [0.4, 0.5) is 0 Å². The molecule has 2 nitrogen and oxygen atoms in total. The molecule has 0 bridgehead atoms. The Bertz CT molecular complexity index is 197. The summed E-state index contributed by atoms with van der Waals surface area (Å²) in [5, 5.41) is 14.4. The van der Waals surface area contributed by atoms with Gasteiger partial charge in [-0.3, -0.25) is 0 Å². The summed E-state index contributed by atoms with van der Waals surface area (Å²) in [6.07, 6.45) is 5.82. The number of hydrogen-bond donors (Lipinski definition) is 2. The van der Waals surface area contributed by atoms with E-state index in [9.17, 15) is 5.11 Å². The summed E-state index contributed by atoms with van der Waals surface area (Å²) in [7, 11) is 0. The smallest absolute Gasteiger partial charge is 0.0693 e. The molecule has 1 saturated carbocycles. The maximum Gasteiger partial charge on any atom is 0.0693 e. The summed E-state index contributed by atoms with van der Waals surface area (Å²) in [4.78, 5) is 0. The third-order valence-electron chi connectivity index (χ3n) is 3.47. The van der Waals surface area contributed by atoms with Crippen LogP contribution in [0.15, 0.2) is 0 Å². The molecule has 4 heteroatoms. The molecular formula is C12H23NOS2. The van der Waals surface area contributed by atoms with E-state index in [1.54, 1.807) is 0 Å². The van der Waals surface area contributed by atoms with Crippen molar-refractivity contribution in [3.05, 3.63) is 0 Å². The first kappa shape index (κ1) is 13.1. The molecule has 0 aromatic rings. The van der Waals surface area contributed by atoms with Crippen molar-refractivity contribution in [2.45, 2.75) is 49.5 Å². The summed E-state index contributed by atoms with van der Waals surface area (Å²) < 4.78 is 0. The van der Waals surface area contributed by atoms with Crippen molar-refractivity contribution >= 4 is 23.5 Å². The van der Waals surface area contributed by atoms with Crippen molar-refractivity contribution < 1.29 is 5.11 Å². The Morgan fingerprint density at radius 2 is 2.00 bits per heavy atom. The lowest BCUT2D eigenvalue weighted by molar-refractivity contribution is 0.120. The van der Waals surface area contributed by atoms with Crippen LogP contribution in [0.3, 0.4) is 0 Å². The molecule has 0 aromatic heterocycles. The van der Waals surface area contributed by atoms with E-state index in [1.807, 2.05) is 0 Å². The molecule has 0 spiro atoms. The molecule has 0 aromatic carbocycles. The second kappa shape index (κ2) is 7.14. The van der Waals surface area contributed by atoms with E-state index in [1.165, 1.54) is 36.5 Å². The van der Waals surface area contributed by atoms with Crippen LogP contribution in [0.25, 0.3) is 0 Å². The van der Waals surface area contributed by atoms with Gasteiger partial charge in [0.1, 0.15) is 0 Å². The predicted octanol–water partition coefficient (Wildman–Crippen LogP) is 2.12. The Hall–Kier alpha value is 0.620. The molecule has 2 fully saturated rings. The first-order valence-corrected chi connectivity index (χ1v) is 8.67. The number of nitrogens with one attached hydrogen (secondary N) is 1. The standard InChI is InChI=1S/C12H23NOS2/c14-12-5-3-1-2-4-11(12)13-8-10-9-15-6-7-16-10/h10-14H,1-9H2. The number of thioether (sulfide) groups is 2. The van der Waals surface area contributed by atoms with Crippen LogP contribution in [0.5, 0.6) is 0 Å². The quantitative estimate of drug-likeness (QED) is 0.762. The molecule has 16 heavy (non-hydrogen) atoms. The molecule has 1 heterocycles. The van der Waals surface area contributed by atoms with Crippen molar-refractivity contribution in [3.8, 4) is 0 Å². The number of aliphatic hydroxyl groups is 1. The van der Waals surface area contributed by atoms with Crippen LogP contribution in [-0.4, -0.2) is 46.3 Å². The number of aliphatic hydroxyl groups excluding tert-OH is 1. The van der Waals surface area contributed by atoms with Crippen molar-refractivity contribution in [1.82, 2.24) is 5.32 Å². The Morgan fingerprint density at radius 1 is 1.12 bits per heavy atom. The molecule has 2 N–H and O–H groups in total. The van der Waals surface area contributed by atoms with E-state index in [0.29, 0.717) is 6.04 Å². The molecule has 2 rings (SSSR count). The van der Waals surface area contributed by atoms with Crippen molar-refractivity contribution in [2.75, 3.05) is 23.8 Å². The lowest BCUT2D eigenvalue weighted by atomic mass is 10.1. The van der Waals surface area contributed by atoms with Gasteiger partial charge in [0.2, 0.25) is 0 Å². The lowest BCUT2D eigenvalue weighted by Crippen LogP contribution is -2.43. The van der Waals surface area contributed by atoms with E-state index in [-0.39, 0.29) is 6.10 Å². The second-order valence-corrected chi connectivity index (χ2v) is 7.35. The summed E-state index contributed by atoms with van der Waals surface area (Å²) >= 11 is 4.16. The van der Waals surface area contributed by atoms with Crippen LogP contribution >= 0.6 is 23.5 Å². The Balaban J connectivity index is 1.70. The minimum absolute atomic E-state index is 0.108. The van der Waals surface area contributed by atoms with Gasteiger partial charge in [-0.05, 0) is 12.8 Å². The van der Waals surface area contributed by atoms with Gasteiger partial charge in [-0.1, -0.05) is 19.3 Å². The SMILES string of the molecule is OC1CCCCCC1NCC1CSCCS1. The van der Waals surface area contributed by atoms with Gasteiger partial charge in [-0.2, -0.15) is 23.5 Å². The van der Waals surface area contributed by atoms with Gasteiger partial charge < -0.3 is 10.4 Å². The number of rotatable bonds is 3. The van der Waals surface area contributed by atoms with Gasteiger partial charge in [0.15, 0.2) is 0 Å². The summed E-state index contributed by atoms with van der Waals surface area (Å²) in [6, 6.07) is 0.357. The fourth-order valence-electron chi connectivity index (χ4n) is 2.46. The molecule has 1 aliphatic carbocycles. The first-order chi connectivity index (χ1) is 7.86. The highest BCUT2D eigenvalue weighted by Gasteiger charge is 2.22. The van der Waals surface area contributed by atoms with E-state index in [0.717, 1.165) is 24.6 Å². The fraction of sp³-hybridized carbons (Fsp3) is 1.00. The van der Waals surface area contributed by atoms with Gasteiger partial charge in [-0.15, -0.1) is 0 Å². The molecule has 3 unspecified atom stereocenters. The highest BCUT2D eigenvalue weighted by Crippen LogP contribution is 2.24. The van der Waals surface area contributed by atoms with Crippen LogP contribution < -0.4 is 5.32 Å². The fourth-order valence-corrected chi connectivity index (χ4v) is 5.09. The molecule has 3 atom stereocenters. The van der Waals surface area contributed by atoms with E-state index < -0.39 is 0 Å². The van der Waals surface area contributed by atoms with Gasteiger partial charge in [0.05, 0.1) is 6.10 Å². The Labute approximate surface area is 107 Å². The average molecular weight is 261 g/mol. The highest BCUT2D eigenvalue weighted by atomic mass is 32.2. The molecule has 0 amide bonds. The molecule has 0 radical (unpaired) electrons. The molecule has 94 valence electrons. The van der Waals surface area contributed by atoms with Crippen molar-refractivity contribution in [1.29, 1.82) is 0 Å². The van der Waals surface area contributed by atoms with E-state index in [2.05, 4.69) is 28.8 Å². The third kappa shape index (κ3) is 4.13. The third-order valence-corrected chi connectivity index (χ3v) is 6.32. The zero-order valence-corrected chi connectivity index (χ0v) is 11.5.